The zero-order valence-corrected chi connectivity index (χ0v) is 23.0. The predicted octanol–water partition coefficient (Wildman–Crippen LogP) is 6.62. The van der Waals surface area contributed by atoms with Crippen LogP contribution >= 0.6 is 0 Å². The molecule has 0 fully saturated rings. The second kappa shape index (κ2) is 10.0. The summed E-state index contributed by atoms with van der Waals surface area (Å²) in [7, 11) is 4.00. The van der Waals surface area contributed by atoms with Crippen molar-refractivity contribution < 1.29 is 9.18 Å². The lowest BCUT2D eigenvalue weighted by Crippen LogP contribution is -2.38. The third-order valence-corrected chi connectivity index (χ3v) is 7.50. The van der Waals surface area contributed by atoms with Gasteiger partial charge < -0.3 is 19.7 Å². The molecule has 0 spiro atoms. The van der Waals surface area contributed by atoms with Gasteiger partial charge in [-0.1, -0.05) is 36.4 Å². The van der Waals surface area contributed by atoms with Crippen LogP contribution < -0.4 is 10.2 Å². The molecular weight excluding hydrogens is 503 g/mol. The van der Waals surface area contributed by atoms with Gasteiger partial charge in [-0.3, -0.25) is 0 Å². The number of para-hydroxylation sites is 1. The van der Waals surface area contributed by atoms with E-state index >= 15 is 0 Å². The lowest BCUT2D eigenvalue weighted by atomic mass is 10.0. The number of aromatic nitrogens is 3. The molecule has 3 aromatic carbocycles. The highest BCUT2D eigenvalue weighted by molar-refractivity contribution is 5.90. The Morgan fingerprint density at radius 1 is 0.975 bits per heavy atom. The molecule has 1 aliphatic heterocycles. The lowest BCUT2D eigenvalue weighted by molar-refractivity contribution is 0.194. The number of fused-ring (bicyclic) bond motifs is 3. The first-order valence-corrected chi connectivity index (χ1v) is 13.2. The highest BCUT2D eigenvalue weighted by Gasteiger charge is 2.36. The lowest BCUT2D eigenvalue weighted by Gasteiger charge is -2.31. The fraction of sp³-hybridized carbons (Fsp3) is 0.188. The average molecular weight is 535 g/mol. The van der Waals surface area contributed by atoms with Crippen molar-refractivity contribution in [3.8, 4) is 11.5 Å². The van der Waals surface area contributed by atoms with E-state index in [9.17, 15) is 9.18 Å². The maximum absolute atomic E-state index is 14.4. The number of amides is 2. The summed E-state index contributed by atoms with van der Waals surface area (Å²) in [5.41, 5.74) is 6.62. The van der Waals surface area contributed by atoms with Gasteiger partial charge in [-0.15, -0.1) is 0 Å². The number of urea groups is 1. The van der Waals surface area contributed by atoms with E-state index in [0.717, 1.165) is 39.7 Å². The maximum atomic E-state index is 14.4. The number of halogens is 1. The Hall–Kier alpha value is -4.85. The number of hydrogen-bond acceptors (Lipinski definition) is 3. The molecule has 2 aromatic heterocycles. The van der Waals surface area contributed by atoms with Crippen molar-refractivity contribution in [2.24, 2.45) is 0 Å². The Labute approximate surface area is 233 Å². The van der Waals surface area contributed by atoms with Gasteiger partial charge in [0.15, 0.2) is 0 Å². The highest BCUT2D eigenvalue weighted by Crippen LogP contribution is 2.39. The number of rotatable bonds is 4. The number of carbonyl (C=O) groups is 1. The van der Waals surface area contributed by atoms with E-state index in [2.05, 4.69) is 34.1 Å². The minimum atomic E-state index is -0.405. The van der Waals surface area contributed by atoms with Crippen LogP contribution in [0.3, 0.4) is 0 Å². The molecule has 0 aliphatic carbocycles. The van der Waals surface area contributed by atoms with Gasteiger partial charge in [-0.05, 0) is 73.5 Å². The summed E-state index contributed by atoms with van der Waals surface area (Å²) in [6.45, 7) is 3.99. The van der Waals surface area contributed by atoms with Crippen LogP contribution in [0.25, 0.3) is 11.5 Å². The molecule has 0 saturated heterocycles. The van der Waals surface area contributed by atoms with E-state index in [1.807, 2.05) is 84.2 Å². The molecule has 2 amide bonds. The van der Waals surface area contributed by atoms with Gasteiger partial charge in [-0.25, -0.2) is 13.9 Å². The molecule has 7 nitrogen and oxygen atoms in total. The number of anilines is 2. The largest absolute Gasteiger partial charge is 0.378 e. The zero-order chi connectivity index (χ0) is 28.0. The molecule has 3 heterocycles. The molecule has 202 valence electrons. The Morgan fingerprint density at radius 3 is 2.42 bits per heavy atom. The van der Waals surface area contributed by atoms with Crippen molar-refractivity contribution in [1.82, 2.24) is 19.2 Å². The van der Waals surface area contributed by atoms with Gasteiger partial charge in [0.1, 0.15) is 11.6 Å². The summed E-state index contributed by atoms with van der Waals surface area (Å²) < 4.78 is 18.4. The quantitative estimate of drug-likeness (QED) is 0.282. The van der Waals surface area contributed by atoms with Gasteiger partial charge >= 0.3 is 6.03 Å². The van der Waals surface area contributed by atoms with E-state index in [4.69, 9.17) is 5.10 Å². The Morgan fingerprint density at radius 2 is 1.73 bits per heavy atom. The molecule has 0 bridgehead atoms. The topological polar surface area (TPSA) is 58.3 Å². The van der Waals surface area contributed by atoms with Crippen molar-refractivity contribution in [2.45, 2.75) is 26.4 Å². The van der Waals surface area contributed by atoms with E-state index < -0.39 is 6.04 Å². The summed E-state index contributed by atoms with van der Waals surface area (Å²) in [5.74, 6) is 0.538. The first-order valence-electron chi connectivity index (χ1n) is 13.2. The number of aryl methyl sites for hydroxylation is 2. The molecular formula is C32H31FN6O. The molecule has 0 saturated carbocycles. The van der Waals surface area contributed by atoms with Gasteiger partial charge in [0, 0.05) is 37.2 Å². The summed E-state index contributed by atoms with van der Waals surface area (Å²) >= 11 is 0. The fourth-order valence-corrected chi connectivity index (χ4v) is 5.32. The number of hydrogen-bond donors (Lipinski definition) is 1. The Kier molecular flexibility index (Phi) is 6.38. The van der Waals surface area contributed by atoms with Gasteiger partial charge in [-0.2, -0.15) is 5.10 Å². The van der Waals surface area contributed by atoms with Gasteiger partial charge in [0.25, 0.3) is 0 Å². The summed E-state index contributed by atoms with van der Waals surface area (Å²) in [6.07, 6.45) is 2.02. The van der Waals surface area contributed by atoms with Crippen LogP contribution in [0, 0.1) is 19.7 Å². The third-order valence-electron chi connectivity index (χ3n) is 7.50. The average Bonchev–Trinajstić information content (AvgIpc) is 3.51. The van der Waals surface area contributed by atoms with Gasteiger partial charge in [0.05, 0.1) is 29.7 Å². The molecule has 40 heavy (non-hydrogen) atoms. The molecule has 6 rings (SSSR count). The molecule has 8 heteroatoms. The minimum Gasteiger partial charge on any atom is -0.378 e. The SMILES string of the molecule is Cc1ccc(NC(=O)N2Cc3c(C)nn(-c4ccccc4)c3-n3cccc3[C@H]2c2ccc(N(C)C)cc2)cc1F. The number of nitrogens with zero attached hydrogens (tertiary/aromatic N) is 5. The second-order valence-corrected chi connectivity index (χ2v) is 10.3. The van der Waals surface area contributed by atoms with Crippen LogP contribution in [-0.4, -0.2) is 39.4 Å². The van der Waals surface area contributed by atoms with Crippen molar-refractivity contribution >= 4 is 17.4 Å². The number of carbonyl (C=O) groups excluding carboxylic acids is 1. The predicted molar refractivity (Wildman–Crippen MR) is 156 cm³/mol. The first kappa shape index (κ1) is 25.4. The van der Waals surface area contributed by atoms with Crippen molar-refractivity contribution in [3.05, 3.63) is 125 Å². The molecule has 1 N–H and O–H groups in total. The zero-order valence-electron chi connectivity index (χ0n) is 23.0. The first-order chi connectivity index (χ1) is 19.3. The smallest absolute Gasteiger partial charge is 0.322 e. The van der Waals surface area contributed by atoms with E-state index in [1.165, 1.54) is 6.07 Å². The van der Waals surface area contributed by atoms with Crippen LogP contribution in [-0.2, 0) is 6.54 Å². The van der Waals surface area contributed by atoms with Crippen molar-refractivity contribution in [1.29, 1.82) is 0 Å². The molecule has 5 aromatic rings. The van der Waals surface area contributed by atoms with Crippen LogP contribution in [0.15, 0.2) is 91.1 Å². The standard InChI is InChI=1S/C32H31FN6O/c1-21-12-15-24(19-28(21)33)34-32(40)38-20-27-22(2)35-39(26-9-6-5-7-10-26)31(27)37-18-8-11-29(37)30(38)23-13-16-25(17-14-23)36(3)4/h5-19,30H,20H2,1-4H3,(H,34,40)/t30-/m1/s1. The number of nitrogens with one attached hydrogen (secondary N) is 1. The van der Waals surface area contributed by atoms with E-state index in [0.29, 0.717) is 17.8 Å². The Balaban J connectivity index is 1.51. The second-order valence-electron chi connectivity index (χ2n) is 10.3. The molecule has 0 radical (unpaired) electrons. The van der Waals surface area contributed by atoms with Crippen LogP contribution in [0.5, 0.6) is 0 Å². The van der Waals surface area contributed by atoms with Crippen LogP contribution in [0.4, 0.5) is 20.6 Å². The summed E-state index contributed by atoms with van der Waals surface area (Å²) in [4.78, 5) is 17.9. The highest BCUT2D eigenvalue weighted by atomic mass is 19.1. The third kappa shape index (κ3) is 4.41. The van der Waals surface area contributed by atoms with E-state index in [1.54, 1.807) is 19.1 Å². The Bertz CT molecular complexity index is 1690. The van der Waals surface area contributed by atoms with Crippen LogP contribution in [0.1, 0.15) is 34.1 Å². The monoisotopic (exact) mass is 534 g/mol. The summed E-state index contributed by atoms with van der Waals surface area (Å²) in [5, 5.41) is 7.84. The van der Waals surface area contributed by atoms with Crippen molar-refractivity contribution in [2.75, 3.05) is 24.3 Å². The number of benzene rings is 3. The van der Waals surface area contributed by atoms with Crippen molar-refractivity contribution in [3.63, 3.8) is 0 Å². The maximum Gasteiger partial charge on any atom is 0.322 e. The summed E-state index contributed by atoms with van der Waals surface area (Å²) in [6, 6.07) is 26.3. The fourth-order valence-electron chi connectivity index (χ4n) is 5.32. The normalized spacial score (nSPS) is 14.3. The molecule has 0 unspecified atom stereocenters. The molecule has 1 atom stereocenters. The minimum absolute atomic E-state index is 0.315. The van der Waals surface area contributed by atoms with E-state index in [-0.39, 0.29) is 11.8 Å². The van der Waals surface area contributed by atoms with Gasteiger partial charge in [0.2, 0.25) is 0 Å². The van der Waals surface area contributed by atoms with Crippen LogP contribution in [0.2, 0.25) is 0 Å². The molecule has 1 aliphatic rings.